The number of benzene rings is 1. The number of carbonyl (C=O) groups excluding carboxylic acids is 2. The maximum atomic E-state index is 13.5. The zero-order valence-corrected chi connectivity index (χ0v) is 21.5. The van der Waals surface area contributed by atoms with E-state index >= 15 is 0 Å². The van der Waals surface area contributed by atoms with Crippen LogP contribution in [0.15, 0.2) is 79.4 Å². The second-order valence-electron chi connectivity index (χ2n) is 9.65. The number of nitrogens with zero attached hydrogens (tertiary/aromatic N) is 4. The summed E-state index contributed by atoms with van der Waals surface area (Å²) in [6, 6.07) is 17.3. The molecule has 0 spiro atoms. The Morgan fingerprint density at radius 3 is 2.11 bits per heavy atom. The van der Waals surface area contributed by atoms with Crippen molar-refractivity contribution in [2.24, 2.45) is 0 Å². The molecule has 1 atom stereocenters. The summed E-state index contributed by atoms with van der Waals surface area (Å²) in [7, 11) is 1.67. The number of likely N-dealkylation sites (N-methyl/N-ethyl adjacent to an activating group) is 1. The highest BCUT2D eigenvalue weighted by molar-refractivity contribution is 5.87. The second-order valence-corrected chi connectivity index (χ2v) is 9.65. The fraction of sp³-hybridized carbons (Fsp3) is 0.400. The number of hydrogen-bond donors (Lipinski definition) is 0. The number of likely N-dealkylation sites (tertiary alicyclic amines) is 1. The van der Waals surface area contributed by atoms with Gasteiger partial charge in [0.15, 0.2) is 0 Å². The summed E-state index contributed by atoms with van der Waals surface area (Å²) in [5, 5.41) is 0. The topological polar surface area (TPSA) is 75.6 Å². The molecule has 1 saturated heterocycles. The Hall–Kier alpha value is -3.74. The fourth-order valence-electron chi connectivity index (χ4n) is 4.99. The first-order chi connectivity index (χ1) is 18.1. The van der Waals surface area contributed by atoms with E-state index in [4.69, 9.17) is 4.74 Å². The molecule has 0 aliphatic carbocycles. The van der Waals surface area contributed by atoms with Crippen LogP contribution < -0.4 is 0 Å². The van der Waals surface area contributed by atoms with E-state index in [0.29, 0.717) is 13.0 Å². The smallest absolute Gasteiger partial charge is 0.410 e. The molecule has 7 nitrogen and oxygen atoms in total. The number of aryl methyl sites for hydroxylation is 2. The predicted octanol–water partition coefficient (Wildman–Crippen LogP) is 5.06. The van der Waals surface area contributed by atoms with Gasteiger partial charge in [0.25, 0.3) is 0 Å². The number of pyridine rings is 2. The molecular weight excluding hydrogens is 464 g/mol. The van der Waals surface area contributed by atoms with E-state index in [1.165, 1.54) is 16.0 Å². The van der Waals surface area contributed by atoms with Gasteiger partial charge in [-0.1, -0.05) is 42.5 Å². The van der Waals surface area contributed by atoms with Crippen LogP contribution in [0.4, 0.5) is 4.79 Å². The van der Waals surface area contributed by atoms with E-state index in [1.807, 2.05) is 59.8 Å². The Morgan fingerprint density at radius 2 is 1.54 bits per heavy atom. The van der Waals surface area contributed by atoms with Crippen LogP contribution in [0.1, 0.15) is 48.8 Å². The number of carbonyl (C=O) groups is 2. The van der Waals surface area contributed by atoms with Crippen molar-refractivity contribution in [3.05, 3.63) is 96.1 Å². The van der Waals surface area contributed by atoms with Gasteiger partial charge in [0, 0.05) is 44.4 Å². The lowest BCUT2D eigenvalue weighted by molar-refractivity contribution is -0.133. The van der Waals surface area contributed by atoms with Gasteiger partial charge in [-0.2, -0.15) is 0 Å². The molecule has 2 aromatic heterocycles. The Morgan fingerprint density at radius 1 is 0.946 bits per heavy atom. The van der Waals surface area contributed by atoms with Crippen LogP contribution in [0.5, 0.6) is 0 Å². The molecule has 7 heteroatoms. The average molecular weight is 501 g/mol. The molecule has 194 valence electrons. The van der Waals surface area contributed by atoms with E-state index in [9.17, 15) is 9.59 Å². The molecule has 0 radical (unpaired) electrons. The van der Waals surface area contributed by atoms with Crippen molar-refractivity contribution in [1.82, 2.24) is 19.8 Å². The maximum absolute atomic E-state index is 13.5. The minimum Gasteiger partial charge on any atom is -0.445 e. The van der Waals surface area contributed by atoms with Gasteiger partial charge >= 0.3 is 6.09 Å². The highest BCUT2D eigenvalue weighted by atomic mass is 16.6. The summed E-state index contributed by atoms with van der Waals surface area (Å²) in [5.41, 5.74) is 3.34. The standard InChI is InChI=1S/C30H36N4O3/c1-33(30(36)37-23-26-9-3-2-4-10-26)28-17-20-34(29(28)35)27(15-5-11-24-13-7-18-31-21-24)16-6-12-25-14-8-19-32-22-25/h2-4,7-10,13-14,18-19,21-22,27-28H,5-6,11-12,15-17,20,23H2,1H3/t28-/m0/s1. The van der Waals surface area contributed by atoms with Crippen LogP contribution in [0.3, 0.4) is 0 Å². The third-order valence-corrected chi connectivity index (χ3v) is 7.06. The number of ether oxygens (including phenoxy) is 1. The van der Waals surface area contributed by atoms with Crippen molar-refractivity contribution >= 4 is 12.0 Å². The fourth-order valence-corrected chi connectivity index (χ4v) is 4.99. The van der Waals surface area contributed by atoms with E-state index in [-0.39, 0.29) is 18.6 Å². The minimum atomic E-state index is -0.484. The molecular formula is C30H36N4O3. The Kier molecular flexibility index (Phi) is 9.63. The minimum absolute atomic E-state index is 0.0203. The molecule has 2 amide bonds. The van der Waals surface area contributed by atoms with Gasteiger partial charge in [-0.05, 0) is 73.8 Å². The molecule has 1 aliphatic heterocycles. The molecule has 1 aromatic carbocycles. The quantitative estimate of drug-likeness (QED) is 0.347. The Labute approximate surface area is 219 Å². The van der Waals surface area contributed by atoms with Crippen LogP contribution in [-0.4, -0.2) is 57.4 Å². The molecule has 0 saturated carbocycles. The molecule has 1 fully saturated rings. The lowest BCUT2D eigenvalue weighted by atomic mass is 9.99. The first-order valence-corrected chi connectivity index (χ1v) is 13.1. The summed E-state index contributed by atoms with van der Waals surface area (Å²) in [5.74, 6) is 0.0203. The van der Waals surface area contributed by atoms with E-state index in [0.717, 1.165) is 44.1 Å². The third-order valence-electron chi connectivity index (χ3n) is 7.06. The van der Waals surface area contributed by atoms with Crippen molar-refractivity contribution in [2.45, 2.75) is 63.6 Å². The summed E-state index contributed by atoms with van der Waals surface area (Å²) < 4.78 is 5.48. The highest BCUT2D eigenvalue weighted by Crippen LogP contribution is 2.25. The number of amides is 2. The molecule has 1 aliphatic rings. The molecule has 0 bridgehead atoms. The zero-order valence-electron chi connectivity index (χ0n) is 21.5. The molecule has 0 unspecified atom stereocenters. The second kappa shape index (κ2) is 13.5. The highest BCUT2D eigenvalue weighted by Gasteiger charge is 2.39. The van der Waals surface area contributed by atoms with Gasteiger partial charge in [-0.15, -0.1) is 0 Å². The normalized spacial score (nSPS) is 15.2. The van der Waals surface area contributed by atoms with Gasteiger partial charge in [-0.25, -0.2) is 4.79 Å². The summed E-state index contributed by atoms with van der Waals surface area (Å²) >= 11 is 0. The van der Waals surface area contributed by atoms with Crippen molar-refractivity contribution in [3.8, 4) is 0 Å². The number of aromatic nitrogens is 2. The van der Waals surface area contributed by atoms with Gasteiger partial charge in [-0.3, -0.25) is 19.7 Å². The number of hydrogen-bond acceptors (Lipinski definition) is 5. The van der Waals surface area contributed by atoms with Crippen LogP contribution in [0, 0.1) is 0 Å². The van der Waals surface area contributed by atoms with Crippen molar-refractivity contribution in [3.63, 3.8) is 0 Å². The Balaban J connectivity index is 1.34. The van der Waals surface area contributed by atoms with E-state index in [1.54, 1.807) is 19.4 Å². The molecule has 3 aromatic rings. The van der Waals surface area contributed by atoms with Crippen molar-refractivity contribution < 1.29 is 14.3 Å². The van der Waals surface area contributed by atoms with Crippen LogP contribution in [-0.2, 0) is 29.0 Å². The molecule has 0 N–H and O–H groups in total. The average Bonchev–Trinajstić information content (AvgIpc) is 3.33. The Bertz CT molecular complexity index is 1070. The van der Waals surface area contributed by atoms with E-state index in [2.05, 4.69) is 22.1 Å². The van der Waals surface area contributed by atoms with Crippen molar-refractivity contribution in [2.75, 3.05) is 13.6 Å². The van der Waals surface area contributed by atoms with Crippen molar-refractivity contribution in [1.29, 1.82) is 0 Å². The van der Waals surface area contributed by atoms with E-state index < -0.39 is 12.1 Å². The van der Waals surface area contributed by atoms with Gasteiger partial charge in [0.05, 0.1) is 0 Å². The summed E-state index contributed by atoms with van der Waals surface area (Å²) in [6.45, 7) is 0.851. The predicted molar refractivity (Wildman–Crippen MR) is 143 cm³/mol. The zero-order chi connectivity index (χ0) is 25.9. The molecule has 3 heterocycles. The van der Waals surface area contributed by atoms with Crippen LogP contribution in [0.2, 0.25) is 0 Å². The SMILES string of the molecule is CN(C(=O)OCc1ccccc1)[C@H]1CCN(C(CCCc2cccnc2)CCCc2cccnc2)C1=O. The third kappa shape index (κ3) is 7.62. The first-order valence-electron chi connectivity index (χ1n) is 13.1. The molecule has 37 heavy (non-hydrogen) atoms. The monoisotopic (exact) mass is 500 g/mol. The lowest BCUT2D eigenvalue weighted by Crippen LogP contribution is -2.45. The van der Waals surface area contributed by atoms with Crippen LogP contribution in [0.25, 0.3) is 0 Å². The summed E-state index contributed by atoms with van der Waals surface area (Å²) in [6.07, 6.45) is 13.2. The van der Waals surface area contributed by atoms with Gasteiger partial charge < -0.3 is 9.64 Å². The summed E-state index contributed by atoms with van der Waals surface area (Å²) in [4.78, 5) is 38.1. The number of rotatable bonds is 12. The largest absolute Gasteiger partial charge is 0.445 e. The van der Waals surface area contributed by atoms with Gasteiger partial charge in [0.2, 0.25) is 5.91 Å². The molecule has 4 rings (SSSR count). The maximum Gasteiger partial charge on any atom is 0.410 e. The van der Waals surface area contributed by atoms with Gasteiger partial charge in [0.1, 0.15) is 12.6 Å². The van der Waals surface area contributed by atoms with Crippen LogP contribution >= 0.6 is 0 Å². The first kappa shape index (κ1) is 26.3. The lowest BCUT2D eigenvalue weighted by Gasteiger charge is -2.30.